The number of aliphatic imine (C=N–C) groups is 1. The molecule has 0 saturated heterocycles. The Morgan fingerprint density at radius 3 is 2.28 bits per heavy atom. The average Bonchev–Trinajstić information content (AvgIpc) is 3.00. The summed E-state index contributed by atoms with van der Waals surface area (Å²) in [7, 11) is 0. The Bertz CT molecular complexity index is 1120. The molecule has 2 aliphatic rings. The molecule has 0 fully saturated rings. The van der Waals surface area contributed by atoms with Crippen molar-refractivity contribution in [2.45, 2.75) is 29.0 Å². The van der Waals surface area contributed by atoms with Gasteiger partial charge in [0, 0.05) is 10.6 Å². The van der Waals surface area contributed by atoms with Gasteiger partial charge in [-0.05, 0) is 49.0 Å². The molecule has 0 aliphatic carbocycles. The smallest absolute Gasteiger partial charge is 0.314 e. The molecular formula is C19H15Cl3F3N5S2. The van der Waals surface area contributed by atoms with Crippen molar-refractivity contribution in [2.75, 3.05) is 9.80 Å². The first-order valence-electron chi connectivity index (χ1n) is 9.03. The topological polar surface area (TPSA) is 70.9 Å². The number of hydrogen-bond acceptors (Lipinski definition) is 7. The van der Waals surface area contributed by atoms with E-state index >= 15 is 0 Å². The number of alkyl halides is 3. The zero-order chi connectivity index (χ0) is 23.4. The lowest BCUT2D eigenvalue weighted by Crippen LogP contribution is -2.53. The van der Waals surface area contributed by atoms with E-state index in [1.54, 1.807) is 34.9 Å². The first-order valence-corrected chi connectivity index (χ1v) is 11.9. The van der Waals surface area contributed by atoms with Crippen LogP contribution in [0, 0.1) is 0 Å². The van der Waals surface area contributed by atoms with Crippen LogP contribution in [0.4, 0.5) is 24.5 Å². The van der Waals surface area contributed by atoms with E-state index in [4.69, 9.17) is 46.3 Å². The van der Waals surface area contributed by atoms with Gasteiger partial charge in [0.25, 0.3) is 0 Å². The molecule has 170 valence electrons. The minimum absolute atomic E-state index is 0.0499. The fourth-order valence-electron chi connectivity index (χ4n) is 3.50. The van der Waals surface area contributed by atoms with Gasteiger partial charge in [-0.15, -0.1) is 0 Å². The maximum atomic E-state index is 12.8. The number of nitrogens with zero attached hydrogens (tertiary/aromatic N) is 3. The van der Waals surface area contributed by atoms with Crippen molar-refractivity contribution in [1.82, 2.24) is 0 Å². The summed E-state index contributed by atoms with van der Waals surface area (Å²) >= 11 is 20.0. The van der Waals surface area contributed by atoms with E-state index in [0.29, 0.717) is 38.0 Å². The average molecular weight is 541 g/mol. The fraction of sp³-hybridized carbons (Fsp3) is 0.211. The summed E-state index contributed by atoms with van der Waals surface area (Å²) in [6.07, 6.45) is -0.760. The summed E-state index contributed by atoms with van der Waals surface area (Å²) in [6.45, 7) is 1.78. The number of rotatable bonds is 3. The third-order valence-electron chi connectivity index (χ3n) is 4.73. The molecule has 4 rings (SSSR count). The summed E-state index contributed by atoms with van der Waals surface area (Å²) in [5.74, 6) is 0.572. The van der Waals surface area contributed by atoms with Crippen molar-refractivity contribution in [3.63, 3.8) is 0 Å². The maximum Gasteiger partial charge on any atom is 0.446 e. The van der Waals surface area contributed by atoms with Crippen LogP contribution in [-0.2, 0) is 0 Å². The summed E-state index contributed by atoms with van der Waals surface area (Å²) < 4.78 is 38.3. The van der Waals surface area contributed by atoms with Gasteiger partial charge >= 0.3 is 5.51 Å². The summed E-state index contributed by atoms with van der Waals surface area (Å²) in [5.41, 5.74) is 9.46. The number of nitrogens with two attached hydrogens (primary N) is 2. The van der Waals surface area contributed by atoms with Gasteiger partial charge in [-0.3, -0.25) is 0 Å². The molecule has 0 bridgehead atoms. The van der Waals surface area contributed by atoms with Gasteiger partial charge in [0.2, 0.25) is 0 Å². The van der Waals surface area contributed by atoms with E-state index in [1.807, 2.05) is 0 Å². The van der Waals surface area contributed by atoms with Crippen LogP contribution in [0.15, 0.2) is 57.0 Å². The van der Waals surface area contributed by atoms with Gasteiger partial charge in [-0.25, -0.2) is 4.99 Å². The van der Waals surface area contributed by atoms with E-state index in [1.165, 1.54) is 30.0 Å². The molecule has 2 aromatic carbocycles. The van der Waals surface area contributed by atoms with Gasteiger partial charge < -0.3 is 21.3 Å². The van der Waals surface area contributed by atoms with Gasteiger partial charge in [-0.1, -0.05) is 52.6 Å². The number of benzene rings is 2. The van der Waals surface area contributed by atoms with Crippen LogP contribution in [0.5, 0.6) is 0 Å². The molecule has 0 spiro atoms. The van der Waals surface area contributed by atoms with Crippen LogP contribution in [0.3, 0.4) is 0 Å². The van der Waals surface area contributed by atoms with Crippen LogP contribution >= 0.6 is 58.3 Å². The Kier molecular flexibility index (Phi) is 6.58. The highest BCUT2D eigenvalue weighted by molar-refractivity contribution is 8.04. The molecule has 2 atom stereocenters. The van der Waals surface area contributed by atoms with E-state index in [9.17, 15) is 13.2 Å². The molecule has 32 heavy (non-hydrogen) atoms. The highest BCUT2D eigenvalue weighted by Crippen LogP contribution is 2.48. The van der Waals surface area contributed by atoms with Gasteiger partial charge in [-0.2, -0.15) is 13.2 Å². The van der Waals surface area contributed by atoms with Gasteiger partial charge in [0.1, 0.15) is 22.5 Å². The molecule has 2 aliphatic heterocycles. The molecule has 0 aromatic heterocycles. The molecular weight excluding hydrogens is 526 g/mol. The van der Waals surface area contributed by atoms with Gasteiger partial charge in [0.05, 0.1) is 26.5 Å². The molecule has 0 amide bonds. The van der Waals surface area contributed by atoms with Crippen molar-refractivity contribution < 1.29 is 13.2 Å². The Hall–Kier alpha value is -1.27. The molecule has 2 heterocycles. The second-order valence-electron chi connectivity index (χ2n) is 6.78. The van der Waals surface area contributed by atoms with Crippen molar-refractivity contribution >= 4 is 75.5 Å². The van der Waals surface area contributed by atoms with Crippen molar-refractivity contribution in [3.8, 4) is 0 Å². The number of hydrogen-bond donors (Lipinski definition) is 2. The summed E-state index contributed by atoms with van der Waals surface area (Å²) in [6, 6.07) is 9.35. The number of thioether (sulfide) groups is 2. The van der Waals surface area contributed by atoms with Crippen LogP contribution in [0.1, 0.15) is 6.92 Å². The second-order valence-corrected chi connectivity index (χ2v) is 10.2. The SMILES string of the molecule is CC1=NC2=C(C(N)N1c1c(Cl)cccc1Cl)N(c1ccc(SC(F)(F)F)c(Cl)c1)C(N)S2. The van der Waals surface area contributed by atoms with Gasteiger partial charge in [0.15, 0.2) is 0 Å². The Balaban J connectivity index is 1.74. The fourth-order valence-corrected chi connectivity index (χ4v) is 6.00. The second kappa shape index (κ2) is 8.83. The zero-order valence-corrected chi connectivity index (χ0v) is 20.1. The highest BCUT2D eigenvalue weighted by atomic mass is 35.5. The first-order chi connectivity index (χ1) is 15.0. The molecule has 2 aromatic rings. The lowest BCUT2D eigenvalue weighted by Gasteiger charge is -2.38. The predicted octanol–water partition coefficient (Wildman–Crippen LogP) is 6.45. The van der Waals surface area contributed by atoms with E-state index in [-0.39, 0.29) is 21.7 Å². The van der Waals surface area contributed by atoms with Crippen molar-refractivity contribution in [2.24, 2.45) is 16.5 Å². The minimum Gasteiger partial charge on any atom is -0.314 e. The van der Waals surface area contributed by atoms with Crippen molar-refractivity contribution in [3.05, 3.63) is 62.2 Å². The molecule has 0 saturated carbocycles. The predicted molar refractivity (Wildman–Crippen MR) is 128 cm³/mol. The number of para-hydroxylation sites is 1. The Morgan fingerprint density at radius 2 is 1.69 bits per heavy atom. The van der Waals surface area contributed by atoms with Crippen LogP contribution in [0.25, 0.3) is 0 Å². The zero-order valence-electron chi connectivity index (χ0n) is 16.2. The minimum atomic E-state index is -4.45. The standard InChI is InChI=1S/C19H15Cl3F3N5S2/c1-8-28-17-15(16(26)29(8)14-10(20)3-2-4-11(14)21)30(18(27)31-17)9-5-6-13(12(22)7-9)32-19(23,24)25/h2-7,16,18H,26-27H2,1H3. The Morgan fingerprint density at radius 1 is 1.03 bits per heavy atom. The molecule has 4 N–H and O–H groups in total. The molecule has 0 radical (unpaired) electrons. The third-order valence-corrected chi connectivity index (χ3v) is 7.55. The van der Waals surface area contributed by atoms with Crippen molar-refractivity contribution in [1.29, 1.82) is 0 Å². The number of amidine groups is 1. The monoisotopic (exact) mass is 539 g/mol. The largest absolute Gasteiger partial charge is 0.446 e. The summed E-state index contributed by atoms with van der Waals surface area (Å²) in [5, 5.41) is 1.34. The normalized spacial score (nSPS) is 21.2. The van der Waals surface area contributed by atoms with E-state index in [2.05, 4.69) is 4.99 Å². The van der Waals surface area contributed by atoms with E-state index < -0.39 is 17.2 Å². The molecule has 13 heteroatoms. The van der Waals surface area contributed by atoms with Crippen LogP contribution in [0.2, 0.25) is 15.1 Å². The molecule has 2 unspecified atom stereocenters. The lowest BCUT2D eigenvalue weighted by molar-refractivity contribution is -0.0328. The number of halogens is 6. The van der Waals surface area contributed by atoms with E-state index in [0.717, 1.165) is 0 Å². The van der Waals surface area contributed by atoms with Crippen LogP contribution in [-0.4, -0.2) is 23.0 Å². The highest BCUT2D eigenvalue weighted by Gasteiger charge is 2.42. The maximum absolute atomic E-state index is 12.8. The first kappa shape index (κ1) is 23.9. The quantitative estimate of drug-likeness (QED) is 0.436. The summed E-state index contributed by atoms with van der Waals surface area (Å²) in [4.78, 5) is 7.92. The molecule has 5 nitrogen and oxygen atoms in total. The third kappa shape index (κ3) is 4.42. The Labute approximate surface area is 205 Å². The van der Waals surface area contributed by atoms with Crippen LogP contribution < -0.4 is 21.3 Å². The number of anilines is 2. The lowest BCUT2D eigenvalue weighted by atomic mass is 10.1.